The first-order valence-corrected chi connectivity index (χ1v) is 12.7. The Bertz CT molecular complexity index is 1100. The van der Waals surface area contributed by atoms with Gasteiger partial charge < -0.3 is 34.1 Å². The third-order valence-corrected chi connectivity index (χ3v) is 8.06. The molecule has 1 spiro atoms. The zero-order chi connectivity index (χ0) is 25.8. The second-order valence-electron chi connectivity index (χ2n) is 11.3. The summed E-state index contributed by atoms with van der Waals surface area (Å²) < 4.78 is 23.5. The summed E-state index contributed by atoms with van der Waals surface area (Å²) in [5.74, 6) is 2.48. The van der Waals surface area contributed by atoms with E-state index in [1.807, 2.05) is 12.1 Å². The van der Waals surface area contributed by atoms with Crippen molar-refractivity contribution in [3.63, 3.8) is 0 Å². The molecule has 0 saturated carbocycles. The zero-order valence-electron chi connectivity index (χ0n) is 22.1. The average Bonchev–Trinajstić information content (AvgIpc) is 3.16. The van der Waals surface area contributed by atoms with E-state index in [0.29, 0.717) is 17.7 Å². The summed E-state index contributed by atoms with van der Waals surface area (Å²) >= 11 is 0. The Labute approximate surface area is 212 Å². The van der Waals surface area contributed by atoms with Crippen molar-refractivity contribution in [1.29, 1.82) is 0 Å². The van der Waals surface area contributed by atoms with Crippen molar-refractivity contribution in [2.75, 3.05) is 40.8 Å². The average molecular weight is 500 g/mol. The lowest BCUT2D eigenvalue weighted by molar-refractivity contribution is -0.0259. The summed E-state index contributed by atoms with van der Waals surface area (Å²) in [6, 6.07) is 4.58. The first-order chi connectivity index (χ1) is 17.0. The quantitative estimate of drug-likeness (QED) is 0.664. The van der Waals surface area contributed by atoms with Gasteiger partial charge in [-0.15, -0.1) is 0 Å². The van der Waals surface area contributed by atoms with Crippen LogP contribution in [-0.4, -0.2) is 80.6 Å². The molecule has 9 nitrogen and oxygen atoms in total. The molecule has 1 fully saturated rings. The number of piperidine rings is 1. The maximum absolute atomic E-state index is 13.0. The van der Waals surface area contributed by atoms with E-state index in [2.05, 4.69) is 23.3 Å². The lowest BCUT2D eigenvalue weighted by Crippen LogP contribution is -2.63. The molecule has 1 aromatic carbocycles. The number of methoxy groups -OCH3 is 1. The molecule has 2 bridgehead atoms. The Kier molecular flexibility index (Phi) is 6.09. The van der Waals surface area contributed by atoms with Crippen LogP contribution in [0, 0.1) is 5.92 Å². The van der Waals surface area contributed by atoms with Gasteiger partial charge in [-0.05, 0) is 77.2 Å². The first-order valence-electron chi connectivity index (χ1n) is 12.7. The smallest absolute Gasteiger partial charge is 0.414 e. The standard InChI is InChI=1S/C27H37N3O6/c1-26(2,3)36-24(31)28-12-14-30(5)25(32)34-20-10-8-17-18-15-16-7-9-19(33-6)22-21(16)27(17,23(20)35-22)11-13-29(18)4/h7,9-10,17-18,23H,8,11-15H2,1-6H3,(H,28,31)/t17?,18-,23?,27+/m1/s1. The molecular weight excluding hydrogens is 462 g/mol. The van der Waals surface area contributed by atoms with E-state index in [1.165, 1.54) is 16.0 Å². The van der Waals surface area contributed by atoms with Crippen LogP contribution >= 0.6 is 0 Å². The number of likely N-dealkylation sites (N-methyl/N-ethyl adjacent to an activating group) is 2. The number of benzene rings is 1. The molecule has 1 N–H and O–H groups in total. The van der Waals surface area contributed by atoms with Crippen molar-refractivity contribution in [2.24, 2.45) is 5.92 Å². The maximum Gasteiger partial charge on any atom is 0.414 e. The van der Waals surface area contributed by atoms with Crippen LogP contribution in [0.25, 0.3) is 0 Å². The minimum Gasteiger partial charge on any atom is -0.493 e. The van der Waals surface area contributed by atoms with Gasteiger partial charge in [0.1, 0.15) is 11.4 Å². The van der Waals surface area contributed by atoms with Crippen molar-refractivity contribution >= 4 is 12.2 Å². The molecule has 0 aromatic heterocycles. The van der Waals surface area contributed by atoms with Crippen LogP contribution in [0.15, 0.2) is 24.0 Å². The summed E-state index contributed by atoms with van der Waals surface area (Å²) in [5.41, 5.74) is 1.75. The Morgan fingerprint density at radius 3 is 2.81 bits per heavy atom. The van der Waals surface area contributed by atoms with Gasteiger partial charge in [0.25, 0.3) is 0 Å². The molecule has 2 aliphatic heterocycles. The highest BCUT2D eigenvalue weighted by molar-refractivity contribution is 5.70. The van der Waals surface area contributed by atoms with Gasteiger partial charge in [-0.1, -0.05) is 6.07 Å². The fourth-order valence-electron chi connectivity index (χ4n) is 6.47. The van der Waals surface area contributed by atoms with Gasteiger partial charge in [-0.25, -0.2) is 9.59 Å². The first kappa shape index (κ1) is 24.7. The van der Waals surface area contributed by atoms with Crippen molar-refractivity contribution in [3.05, 3.63) is 35.1 Å². The summed E-state index contributed by atoms with van der Waals surface area (Å²) in [4.78, 5) is 28.8. The van der Waals surface area contributed by atoms with Gasteiger partial charge in [0.05, 0.1) is 7.11 Å². The molecule has 2 aliphatic carbocycles. The van der Waals surface area contributed by atoms with Crippen molar-refractivity contribution in [3.8, 4) is 11.5 Å². The number of carbonyl (C=O) groups is 2. The third-order valence-electron chi connectivity index (χ3n) is 8.06. The summed E-state index contributed by atoms with van der Waals surface area (Å²) in [6.07, 6.45) is 3.43. The molecule has 2 unspecified atom stereocenters. The van der Waals surface area contributed by atoms with E-state index < -0.39 is 17.8 Å². The van der Waals surface area contributed by atoms with E-state index in [9.17, 15) is 9.59 Å². The number of rotatable bonds is 5. The lowest BCUT2D eigenvalue weighted by Gasteiger charge is -2.56. The molecule has 196 valence electrons. The normalized spacial score (nSPS) is 27.8. The fourth-order valence-corrected chi connectivity index (χ4v) is 6.47. The van der Waals surface area contributed by atoms with Gasteiger partial charge in [0, 0.05) is 37.2 Å². The van der Waals surface area contributed by atoms with Gasteiger partial charge in [0.2, 0.25) is 0 Å². The number of likely N-dealkylation sites (tertiary alicyclic amines) is 1. The van der Waals surface area contributed by atoms with E-state index in [1.54, 1.807) is 34.9 Å². The molecule has 1 saturated heterocycles. The van der Waals surface area contributed by atoms with Gasteiger partial charge in [-0.3, -0.25) is 0 Å². The largest absolute Gasteiger partial charge is 0.493 e. The topological polar surface area (TPSA) is 89.6 Å². The number of allylic oxidation sites excluding steroid dienone is 1. The van der Waals surface area contributed by atoms with Crippen LogP contribution < -0.4 is 14.8 Å². The zero-order valence-corrected chi connectivity index (χ0v) is 22.1. The number of nitrogens with one attached hydrogen (secondary N) is 1. The third kappa shape index (κ3) is 3.97. The number of ether oxygens (including phenoxy) is 4. The van der Waals surface area contributed by atoms with Crippen molar-refractivity contribution in [2.45, 2.75) is 63.2 Å². The maximum atomic E-state index is 13.0. The van der Waals surface area contributed by atoms with Crippen LogP contribution in [0.5, 0.6) is 11.5 Å². The van der Waals surface area contributed by atoms with Crippen LogP contribution in [0.1, 0.15) is 44.7 Å². The second kappa shape index (κ2) is 8.87. The van der Waals surface area contributed by atoms with Gasteiger partial charge >= 0.3 is 12.2 Å². The Hall–Kier alpha value is -2.94. The molecule has 1 aromatic rings. The van der Waals surface area contributed by atoms with Gasteiger partial charge in [0.15, 0.2) is 17.6 Å². The summed E-state index contributed by atoms with van der Waals surface area (Å²) in [5, 5.41) is 2.67. The monoisotopic (exact) mass is 499 g/mol. The molecule has 9 heteroatoms. The molecule has 5 rings (SSSR count). The Morgan fingerprint density at radius 1 is 1.31 bits per heavy atom. The Morgan fingerprint density at radius 2 is 2.08 bits per heavy atom. The molecular formula is C27H37N3O6. The predicted molar refractivity (Wildman–Crippen MR) is 133 cm³/mol. The minimum absolute atomic E-state index is 0.226. The highest BCUT2D eigenvalue weighted by Crippen LogP contribution is 2.63. The van der Waals surface area contributed by atoms with Crippen molar-refractivity contribution < 1.29 is 28.5 Å². The van der Waals surface area contributed by atoms with Crippen molar-refractivity contribution in [1.82, 2.24) is 15.1 Å². The van der Waals surface area contributed by atoms with E-state index in [4.69, 9.17) is 18.9 Å². The number of nitrogens with zero attached hydrogens (tertiary/aromatic N) is 2. The number of alkyl carbamates (subject to hydrolysis) is 1. The van der Waals surface area contributed by atoms with E-state index in [-0.39, 0.29) is 24.6 Å². The highest BCUT2D eigenvalue weighted by Gasteiger charge is 2.64. The predicted octanol–water partition coefficient (Wildman–Crippen LogP) is 3.45. The number of hydrogen-bond acceptors (Lipinski definition) is 7. The number of hydrogen-bond donors (Lipinski definition) is 1. The summed E-state index contributed by atoms with van der Waals surface area (Å²) in [6.45, 7) is 6.92. The second-order valence-corrected chi connectivity index (χ2v) is 11.3. The summed E-state index contributed by atoms with van der Waals surface area (Å²) in [7, 11) is 5.52. The number of carbonyl (C=O) groups excluding carboxylic acids is 2. The van der Waals surface area contributed by atoms with Crippen LogP contribution in [-0.2, 0) is 21.3 Å². The van der Waals surface area contributed by atoms with Crippen LogP contribution in [0.2, 0.25) is 0 Å². The lowest BCUT2D eigenvalue weighted by atomic mass is 9.53. The minimum atomic E-state index is -0.576. The molecule has 2 amide bonds. The molecule has 4 atom stereocenters. The highest BCUT2D eigenvalue weighted by atomic mass is 16.6. The fraction of sp³-hybridized carbons (Fsp3) is 0.630. The SMILES string of the molecule is COc1ccc2c3c1OC1C(OC(=O)N(C)CCNC(=O)OC(C)(C)C)=CCC4[C@@H](C2)N(C)CC[C@]314. The Balaban J connectivity index is 1.33. The number of amides is 2. The molecule has 2 heterocycles. The van der Waals surface area contributed by atoms with E-state index >= 15 is 0 Å². The van der Waals surface area contributed by atoms with Gasteiger partial charge in [-0.2, -0.15) is 0 Å². The van der Waals surface area contributed by atoms with Crippen LogP contribution in [0.3, 0.4) is 0 Å². The molecule has 36 heavy (non-hydrogen) atoms. The molecule has 0 radical (unpaired) electrons. The van der Waals surface area contributed by atoms with E-state index in [0.717, 1.165) is 37.3 Å². The molecule has 4 aliphatic rings. The van der Waals surface area contributed by atoms with Crippen LogP contribution in [0.4, 0.5) is 9.59 Å².